The zero-order chi connectivity index (χ0) is 18.5. The van der Waals surface area contributed by atoms with Crippen molar-refractivity contribution < 1.29 is 23.0 Å². The Morgan fingerprint density at radius 3 is 2.65 bits per heavy atom. The Morgan fingerprint density at radius 2 is 1.96 bits per heavy atom. The van der Waals surface area contributed by atoms with Gasteiger partial charge < -0.3 is 14.8 Å². The minimum absolute atomic E-state index is 0.143. The molecule has 0 heterocycles. The van der Waals surface area contributed by atoms with E-state index in [1.807, 2.05) is 30.3 Å². The lowest BCUT2D eigenvalue weighted by Crippen LogP contribution is -2.35. The third-order valence-corrected chi connectivity index (χ3v) is 4.55. The molecule has 2 unspecified atom stereocenters. The fourth-order valence-corrected chi connectivity index (χ4v) is 3.39. The lowest BCUT2D eigenvalue weighted by molar-refractivity contribution is -0.132. The van der Waals surface area contributed by atoms with Gasteiger partial charge in [-0.05, 0) is 48.1 Å². The van der Waals surface area contributed by atoms with E-state index in [9.17, 15) is 13.6 Å². The molecule has 4 nitrogen and oxygen atoms in total. The van der Waals surface area contributed by atoms with Crippen LogP contribution in [0.3, 0.4) is 0 Å². The van der Waals surface area contributed by atoms with Gasteiger partial charge in [-0.25, -0.2) is 0 Å². The summed E-state index contributed by atoms with van der Waals surface area (Å²) < 4.78 is 34.6. The van der Waals surface area contributed by atoms with Crippen LogP contribution in [0.5, 0.6) is 5.75 Å². The number of ether oxygens (including phenoxy) is 2. The number of amides is 1. The Labute approximate surface area is 151 Å². The number of alkyl halides is 2. The summed E-state index contributed by atoms with van der Waals surface area (Å²) >= 11 is 0. The third kappa shape index (κ3) is 4.19. The molecular weight excluding hydrogens is 340 g/mol. The second-order valence-electron chi connectivity index (χ2n) is 6.22. The molecule has 2 aromatic rings. The number of aryl methyl sites for hydroxylation is 1. The lowest BCUT2D eigenvalue weighted by Gasteiger charge is -2.28. The predicted octanol–water partition coefficient (Wildman–Crippen LogP) is 4.17. The van der Waals surface area contributed by atoms with Gasteiger partial charge in [-0.3, -0.25) is 4.79 Å². The minimum Gasteiger partial charge on any atom is -0.435 e. The van der Waals surface area contributed by atoms with Crippen LogP contribution in [0.15, 0.2) is 48.5 Å². The monoisotopic (exact) mass is 361 g/mol. The summed E-state index contributed by atoms with van der Waals surface area (Å²) in [6.45, 7) is -2.85. The van der Waals surface area contributed by atoms with Gasteiger partial charge in [0.05, 0.1) is 6.04 Å². The average molecular weight is 361 g/mol. The number of benzene rings is 2. The molecule has 0 radical (unpaired) electrons. The molecule has 0 saturated carbocycles. The summed E-state index contributed by atoms with van der Waals surface area (Å²) in [5, 5.41) is 3.03. The third-order valence-electron chi connectivity index (χ3n) is 4.55. The highest BCUT2D eigenvalue weighted by atomic mass is 19.3. The molecular formula is C20H21F2NO3. The van der Waals surface area contributed by atoms with E-state index in [2.05, 4.69) is 10.1 Å². The molecule has 1 amide bonds. The number of halogens is 2. The summed E-state index contributed by atoms with van der Waals surface area (Å²) in [5.74, 6) is -0.0748. The quantitative estimate of drug-likeness (QED) is 0.840. The van der Waals surface area contributed by atoms with Crippen LogP contribution in [0.1, 0.15) is 41.7 Å². The van der Waals surface area contributed by atoms with Gasteiger partial charge >= 0.3 is 6.61 Å². The van der Waals surface area contributed by atoms with Crippen molar-refractivity contribution in [3.8, 4) is 5.75 Å². The Kier molecular flexibility index (Phi) is 5.83. The Hall–Kier alpha value is -2.47. The zero-order valence-corrected chi connectivity index (χ0v) is 14.5. The maximum Gasteiger partial charge on any atom is 0.387 e. The molecule has 3 rings (SSSR count). The largest absolute Gasteiger partial charge is 0.435 e. The van der Waals surface area contributed by atoms with E-state index < -0.39 is 12.7 Å². The molecule has 2 aromatic carbocycles. The first-order valence-electron chi connectivity index (χ1n) is 8.54. The van der Waals surface area contributed by atoms with E-state index in [4.69, 9.17) is 4.74 Å². The van der Waals surface area contributed by atoms with Crippen LogP contribution in [0.25, 0.3) is 0 Å². The number of hydrogen-bond acceptors (Lipinski definition) is 3. The second-order valence-corrected chi connectivity index (χ2v) is 6.22. The maximum absolute atomic E-state index is 12.7. The normalized spacial score (nSPS) is 17.5. The molecule has 0 bridgehead atoms. The fourth-order valence-electron chi connectivity index (χ4n) is 3.39. The summed E-state index contributed by atoms with van der Waals surface area (Å²) in [6, 6.07) is 14.0. The molecule has 0 aromatic heterocycles. The molecule has 0 spiro atoms. The van der Waals surface area contributed by atoms with Gasteiger partial charge in [0, 0.05) is 7.11 Å². The van der Waals surface area contributed by atoms with Crippen molar-refractivity contribution in [2.24, 2.45) is 0 Å². The van der Waals surface area contributed by atoms with Crippen molar-refractivity contribution in [3.05, 3.63) is 65.2 Å². The standard InChI is InChI=1S/C20H21F2NO3/c1-25-18(13-6-3-2-4-7-13)19(24)23-17-9-5-8-14-12-15(26-20(21)22)10-11-16(14)17/h2-4,6-7,10-12,17-18,20H,5,8-9H2,1H3,(H,23,24). The molecule has 138 valence electrons. The van der Waals surface area contributed by atoms with E-state index >= 15 is 0 Å². The van der Waals surface area contributed by atoms with E-state index in [0.717, 1.165) is 36.0 Å². The molecule has 26 heavy (non-hydrogen) atoms. The first kappa shape index (κ1) is 18.3. The Morgan fingerprint density at radius 1 is 1.19 bits per heavy atom. The summed E-state index contributed by atoms with van der Waals surface area (Å²) in [4.78, 5) is 12.7. The van der Waals surface area contributed by atoms with Gasteiger partial charge in [0.1, 0.15) is 5.75 Å². The van der Waals surface area contributed by atoms with Crippen molar-refractivity contribution in [2.45, 2.75) is 38.0 Å². The highest BCUT2D eigenvalue weighted by Gasteiger charge is 2.27. The van der Waals surface area contributed by atoms with Gasteiger partial charge in [-0.1, -0.05) is 36.4 Å². The molecule has 1 aliphatic carbocycles. The number of rotatable bonds is 6. The topological polar surface area (TPSA) is 47.6 Å². The summed E-state index contributed by atoms with van der Waals surface area (Å²) in [6.07, 6.45) is 1.73. The van der Waals surface area contributed by atoms with Crippen LogP contribution < -0.4 is 10.1 Å². The molecule has 1 N–H and O–H groups in total. The second kappa shape index (κ2) is 8.27. The molecule has 0 saturated heterocycles. The number of nitrogens with one attached hydrogen (secondary N) is 1. The van der Waals surface area contributed by atoms with Gasteiger partial charge in [0.15, 0.2) is 6.10 Å². The Balaban J connectivity index is 1.76. The van der Waals surface area contributed by atoms with Crippen LogP contribution in [-0.2, 0) is 16.0 Å². The molecule has 1 aliphatic rings. The van der Waals surface area contributed by atoms with E-state index in [1.54, 1.807) is 12.1 Å². The number of carbonyl (C=O) groups excluding carboxylic acids is 1. The summed E-state index contributed by atoms with van der Waals surface area (Å²) in [7, 11) is 1.50. The highest BCUT2D eigenvalue weighted by Crippen LogP contribution is 2.33. The molecule has 2 atom stereocenters. The maximum atomic E-state index is 12.7. The number of fused-ring (bicyclic) bond motifs is 1. The van der Waals surface area contributed by atoms with Crippen LogP contribution >= 0.6 is 0 Å². The Bertz CT molecular complexity index is 752. The predicted molar refractivity (Wildman–Crippen MR) is 93.1 cm³/mol. The van der Waals surface area contributed by atoms with E-state index in [-0.39, 0.29) is 17.7 Å². The summed E-state index contributed by atoms with van der Waals surface area (Å²) in [5.41, 5.74) is 2.65. The molecule has 0 aliphatic heterocycles. The zero-order valence-electron chi connectivity index (χ0n) is 14.5. The van der Waals surface area contributed by atoms with Gasteiger partial charge in [0.25, 0.3) is 5.91 Å². The van der Waals surface area contributed by atoms with Crippen LogP contribution in [0, 0.1) is 0 Å². The SMILES string of the molecule is COC(C(=O)NC1CCCc2cc(OC(F)F)ccc21)c1ccccc1. The van der Waals surface area contributed by atoms with Gasteiger partial charge in [-0.2, -0.15) is 8.78 Å². The smallest absolute Gasteiger partial charge is 0.387 e. The van der Waals surface area contributed by atoms with Gasteiger partial charge in [-0.15, -0.1) is 0 Å². The average Bonchev–Trinajstić information content (AvgIpc) is 2.63. The molecule has 6 heteroatoms. The fraction of sp³-hybridized carbons (Fsp3) is 0.350. The first-order valence-corrected chi connectivity index (χ1v) is 8.54. The van der Waals surface area contributed by atoms with Crippen LogP contribution in [-0.4, -0.2) is 19.6 Å². The molecule has 0 fully saturated rings. The lowest BCUT2D eigenvalue weighted by atomic mass is 9.87. The van der Waals surface area contributed by atoms with Crippen molar-refractivity contribution in [2.75, 3.05) is 7.11 Å². The number of carbonyl (C=O) groups is 1. The number of hydrogen-bond donors (Lipinski definition) is 1. The van der Waals surface area contributed by atoms with Crippen LogP contribution in [0.2, 0.25) is 0 Å². The van der Waals surface area contributed by atoms with Gasteiger partial charge in [0.2, 0.25) is 0 Å². The van der Waals surface area contributed by atoms with E-state index in [1.165, 1.54) is 13.2 Å². The highest BCUT2D eigenvalue weighted by molar-refractivity contribution is 5.82. The van der Waals surface area contributed by atoms with Crippen molar-refractivity contribution in [1.82, 2.24) is 5.32 Å². The number of methoxy groups -OCH3 is 1. The van der Waals surface area contributed by atoms with Crippen molar-refractivity contribution >= 4 is 5.91 Å². The first-order chi connectivity index (χ1) is 12.6. The minimum atomic E-state index is -2.85. The van der Waals surface area contributed by atoms with Crippen molar-refractivity contribution in [3.63, 3.8) is 0 Å². The van der Waals surface area contributed by atoms with Crippen molar-refractivity contribution in [1.29, 1.82) is 0 Å². The van der Waals surface area contributed by atoms with Crippen LogP contribution in [0.4, 0.5) is 8.78 Å². The van der Waals surface area contributed by atoms with E-state index in [0.29, 0.717) is 0 Å².